The summed E-state index contributed by atoms with van der Waals surface area (Å²) >= 11 is 1.77. The number of thiophene rings is 1. The Labute approximate surface area is 215 Å². The summed E-state index contributed by atoms with van der Waals surface area (Å²) in [5.41, 5.74) is 1.55. The Morgan fingerprint density at radius 3 is 2.78 bits per heavy atom. The number of nitrogens with zero attached hydrogens (tertiary/aromatic N) is 2. The molecule has 36 heavy (non-hydrogen) atoms. The number of aliphatic hydroxyl groups is 1. The summed E-state index contributed by atoms with van der Waals surface area (Å²) in [7, 11) is 4.25. The predicted octanol–water partition coefficient (Wildman–Crippen LogP) is 4.90. The molecule has 2 aromatic carbocycles. The number of hydrogen-bond donors (Lipinski definition) is 2. The van der Waals surface area contributed by atoms with E-state index in [1.54, 1.807) is 23.5 Å². The van der Waals surface area contributed by atoms with Gasteiger partial charge in [-0.1, -0.05) is 48.6 Å². The van der Waals surface area contributed by atoms with E-state index in [4.69, 9.17) is 4.74 Å². The number of nitriles is 1. The molecule has 0 spiro atoms. The molecular weight excluding hydrogens is 472 g/mol. The normalized spacial score (nSPS) is 18.4. The zero-order valence-electron chi connectivity index (χ0n) is 20.6. The maximum absolute atomic E-state index is 11.5. The fraction of sp³-hybridized carbons (Fsp3) is 0.310. The lowest BCUT2D eigenvalue weighted by atomic mass is 9.80. The molecule has 0 fully saturated rings. The second-order valence-electron chi connectivity index (χ2n) is 9.93. The van der Waals surface area contributed by atoms with E-state index < -0.39 is 17.5 Å². The molecule has 4 rings (SSSR count). The molecule has 1 heterocycles. The number of allylic oxidation sites excluding steroid dienone is 3. The van der Waals surface area contributed by atoms with Crippen molar-refractivity contribution in [3.63, 3.8) is 0 Å². The van der Waals surface area contributed by atoms with Crippen molar-refractivity contribution in [3.8, 4) is 11.8 Å². The second-order valence-corrected chi connectivity index (χ2v) is 10.8. The van der Waals surface area contributed by atoms with Gasteiger partial charge in [-0.25, -0.2) is 0 Å². The summed E-state index contributed by atoms with van der Waals surface area (Å²) in [5.74, 6) is -0.515. The quantitative estimate of drug-likeness (QED) is 0.384. The molecule has 1 aliphatic rings. The standard InChI is InChI=1S/C29H30N2O4S/c1-31(2,15-12-23-19-36-27-9-4-3-8-26(23)27)17-24(32)18-35-25-7-5-6-22(16-25)21-10-13-29(20-30,14-11-21)28(33)34/h3-11,13,16,19,24,32H,12,14-15,17-18H2,1-2H3/p+1/t24-,29?/m1/s1. The van der Waals surface area contributed by atoms with Crippen LogP contribution in [0.25, 0.3) is 15.7 Å². The SMILES string of the molecule is C[N+](C)(CCc1csc2ccccc12)C[C@@H](O)COc1cccc(C2=CCC(C#N)(C(=O)O)C=C2)c1. The highest BCUT2D eigenvalue weighted by molar-refractivity contribution is 7.17. The van der Waals surface area contributed by atoms with Crippen LogP contribution < -0.4 is 4.74 Å². The number of fused-ring (bicyclic) bond motifs is 1. The molecule has 186 valence electrons. The average Bonchev–Trinajstić information content (AvgIpc) is 3.29. The Kier molecular flexibility index (Phi) is 7.60. The van der Waals surface area contributed by atoms with Crippen molar-refractivity contribution >= 4 is 33.0 Å². The number of carboxylic acids is 1. The van der Waals surface area contributed by atoms with Gasteiger partial charge >= 0.3 is 5.97 Å². The summed E-state index contributed by atoms with van der Waals surface area (Å²) in [6, 6.07) is 17.8. The molecule has 0 saturated heterocycles. The van der Waals surface area contributed by atoms with Gasteiger partial charge in [-0.15, -0.1) is 11.3 Å². The molecule has 0 radical (unpaired) electrons. The van der Waals surface area contributed by atoms with E-state index >= 15 is 0 Å². The summed E-state index contributed by atoms with van der Waals surface area (Å²) < 4.78 is 7.88. The number of carbonyl (C=O) groups is 1. The lowest BCUT2D eigenvalue weighted by Gasteiger charge is -2.31. The minimum Gasteiger partial charge on any atom is -0.491 e. The van der Waals surface area contributed by atoms with Gasteiger partial charge in [0.2, 0.25) is 0 Å². The number of aliphatic carboxylic acids is 1. The van der Waals surface area contributed by atoms with Crippen LogP contribution in [0.2, 0.25) is 0 Å². The van der Waals surface area contributed by atoms with Crippen molar-refractivity contribution in [2.45, 2.75) is 18.9 Å². The Hall–Kier alpha value is -3.44. The van der Waals surface area contributed by atoms with Crippen LogP contribution in [0, 0.1) is 16.7 Å². The first-order valence-corrected chi connectivity index (χ1v) is 12.8. The summed E-state index contributed by atoms with van der Waals surface area (Å²) in [6.45, 7) is 1.66. The van der Waals surface area contributed by atoms with Crippen molar-refractivity contribution in [1.29, 1.82) is 5.26 Å². The molecule has 2 atom stereocenters. The third-order valence-electron chi connectivity index (χ3n) is 6.63. The first-order chi connectivity index (χ1) is 17.2. The summed E-state index contributed by atoms with van der Waals surface area (Å²) in [4.78, 5) is 11.5. The Bertz CT molecular complexity index is 1350. The van der Waals surface area contributed by atoms with Crippen LogP contribution >= 0.6 is 11.3 Å². The smallest absolute Gasteiger partial charge is 0.328 e. The molecule has 0 bridgehead atoms. The molecule has 1 aliphatic carbocycles. The third-order valence-corrected chi connectivity index (χ3v) is 7.65. The highest BCUT2D eigenvalue weighted by Gasteiger charge is 2.36. The lowest BCUT2D eigenvalue weighted by molar-refractivity contribution is -0.893. The van der Waals surface area contributed by atoms with Crippen LogP contribution in [0.1, 0.15) is 17.5 Å². The van der Waals surface area contributed by atoms with Crippen LogP contribution in [-0.2, 0) is 11.2 Å². The number of quaternary nitrogens is 1. The third kappa shape index (κ3) is 5.85. The van der Waals surface area contributed by atoms with Gasteiger partial charge in [0, 0.05) is 11.1 Å². The van der Waals surface area contributed by atoms with Gasteiger partial charge in [-0.2, -0.15) is 5.26 Å². The summed E-state index contributed by atoms with van der Waals surface area (Å²) in [5, 5.41) is 32.9. The second kappa shape index (κ2) is 10.7. The molecule has 0 amide bonds. The van der Waals surface area contributed by atoms with Gasteiger partial charge in [0.15, 0.2) is 5.41 Å². The van der Waals surface area contributed by atoms with E-state index in [-0.39, 0.29) is 13.0 Å². The molecule has 7 heteroatoms. The van der Waals surface area contributed by atoms with E-state index in [0.29, 0.717) is 16.8 Å². The average molecular weight is 504 g/mol. The van der Waals surface area contributed by atoms with Crippen LogP contribution in [0.3, 0.4) is 0 Å². The lowest BCUT2D eigenvalue weighted by Crippen LogP contribution is -2.48. The number of likely N-dealkylation sites (N-methyl/N-ethyl adjacent to an activating group) is 1. The Morgan fingerprint density at radius 1 is 1.25 bits per heavy atom. The number of benzene rings is 2. The van der Waals surface area contributed by atoms with Crippen molar-refractivity contribution < 1.29 is 24.2 Å². The Balaban J connectivity index is 1.31. The number of hydrogen-bond acceptors (Lipinski definition) is 5. The molecule has 0 aliphatic heterocycles. The predicted molar refractivity (Wildman–Crippen MR) is 143 cm³/mol. The zero-order valence-corrected chi connectivity index (χ0v) is 21.4. The molecule has 1 unspecified atom stereocenters. The largest absolute Gasteiger partial charge is 0.491 e. The molecule has 0 saturated carbocycles. The van der Waals surface area contributed by atoms with Crippen LogP contribution in [0.15, 0.2) is 72.1 Å². The molecular formula is C29H31N2O4S+. The van der Waals surface area contributed by atoms with Crippen molar-refractivity contribution in [2.75, 3.05) is 33.8 Å². The molecule has 6 nitrogen and oxygen atoms in total. The topological polar surface area (TPSA) is 90.5 Å². The molecule has 2 N–H and O–H groups in total. The van der Waals surface area contributed by atoms with Gasteiger partial charge in [0.1, 0.15) is 25.0 Å². The Morgan fingerprint density at radius 2 is 2.06 bits per heavy atom. The number of aliphatic hydroxyl groups excluding tert-OH is 1. The maximum atomic E-state index is 11.5. The first-order valence-electron chi connectivity index (χ1n) is 11.9. The van der Waals surface area contributed by atoms with E-state index in [9.17, 15) is 20.3 Å². The fourth-order valence-electron chi connectivity index (χ4n) is 4.46. The van der Waals surface area contributed by atoms with Gasteiger partial charge in [-0.3, -0.25) is 4.79 Å². The van der Waals surface area contributed by atoms with E-state index in [0.717, 1.165) is 24.1 Å². The molecule has 3 aromatic rings. The highest BCUT2D eigenvalue weighted by Crippen LogP contribution is 2.34. The number of rotatable bonds is 10. The number of ether oxygens (including phenoxy) is 1. The first kappa shape index (κ1) is 25.6. The minimum atomic E-state index is -1.51. The van der Waals surface area contributed by atoms with Crippen molar-refractivity contribution in [3.05, 3.63) is 83.3 Å². The minimum absolute atomic E-state index is 0.114. The monoisotopic (exact) mass is 503 g/mol. The van der Waals surface area contributed by atoms with Crippen LogP contribution in [-0.4, -0.2) is 60.6 Å². The fourth-order valence-corrected chi connectivity index (χ4v) is 5.46. The zero-order chi connectivity index (χ0) is 25.8. The van der Waals surface area contributed by atoms with Gasteiger partial charge < -0.3 is 19.4 Å². The van der Waals surface area contributed by atoms with Gasteiger partial charge in [0.25, 0.3) is 0 Å². The summed E-state index contributed by atoms with van der Waals surface area (Å²) in [6.07, 6.45) is 5.32. The van der Waals surface area contributed by atoms with Crippen LogP contribution in [0.5, 0.6) is 5.75 Å². The van der Waals surface area contributed by atoms with Gasteiger partial charge in [-0.05, 0) is 52.1 Å². The van der Waals surface area contributed by atoms with E-state index in [1.807, 2.05) is 30.3 Å². The number of carboxylic acid groups (broad SMARTS) is 1. The van der Waals surface area contributed by atoms with Crippen molar-refractivity contribution in [1.82, 2.24) is 0 Å². The van der Waals surface area contributed by atoms with E-state index in [1.165, 1.54) is 21.7 Å². The van der Waals surface area contributed by atoms with Crippen LogP contribution in [0.4, 0.5) is 0 Å². The highest BCUT2D eigenvalue weighted by atomic mass is 32.1. The van der Waals surface area contributed by atoms with E-state index in [2.05, 4.69) is 43.7 Å². The maximum Gasteiger partial charge on any atom is 0.328 e. The molecule has 1 aromatic heterocycles. The van der Waals surface area contributed by atoms with Crippen molar-refractivity contribution in [2.24, 2.45) is 5.41 Å². The van der Waals surface area contributed by atoms with Gasteiger partial charge in [0.05, 0.1) is 26.7 Å².